The number of nitrogens with two attached hydrogens (primary N) is 1. The number of carbonyl (C=O) groups is 2. The molecule has 19 heavy (non-hydrogen) atoms. The quantitative estimate of drug-likeness (QED) is 0.800. The van der Waals surface area contributed by atoms with Crippen LogP contribution in [0.2, 0.25) is 0 Å². The van der Waals surface area contributed by atoms with E-state index in [-0.39, 0.29) is 5.91 Å². The minimum absolute atomic E-state index is 0.376. The minimum Gasteiger partial charge on any atom is -0.368 e. The lowest BCUT2D eigenvalue weighted by Gasteiger charge is -2.15. The molecule has 0 bridgehead atoms. The van der Waals surface area contributed by atoms with E-state index in [0.717, 1.165) is 4.47 Å². The maximum atomic E-state index is 11.9. The van der Waals surface area contributed by atoms with Crippen LogP contribution in [0.4, 0.5) is 0 Å². The summed E-state index contributed by atoms with van der Waals surface area (Å²) in [7, 11) is 0. The van der Waals surface area contributed by atoms with Crippen molar-refractivity contribution in [1.82, 2.24) is 10.3 Å². The average Bonchev–Trinajstić information content (AvgIpc) is 2.89. The maximum Gasteiger partial charge on any atom is 0.268 e. The van der Waals surface area contributed by atoms with Crippen molar-refractivity contribution in [1.29, 1.82) is 0 Å². The third kappa shape index (κ3) is 3.23. The Morgan fingerprint density at radius 3 is 2.63 bits per heavy atom. The van der Waals surface area contributed by atoms with Gasteiger partial charge in [-0.3, -0.25) is 9.59 Å². The van der Waals surface area contributed by atoms with Crippen LogP contribution in [-0.2, 0) is 4.79 Å². The lowest BCUT2D eigenvalue weighted by atomic mass is 10.1. The fraction of sp³-hybridized carbons (Fsp3) is 0.0769. The Hall–Kier alpha value is -2.08. The molecule has 2 amide bonds. The highest BCUT2D eigenvalue weighted by Gasteiger charge is 2.21. The largest absolute Gasteiger partial charge is 0.368 e. The standard InChI is InChI=1S/C13H12BrN3O2/c14-9-4-1-3-8(7-9)11(12(15)18)17-13(19)10-5-2-6-16-10/h1-7,11,16H,(H2,15,18)(H,17,19). The first-order chi connectivity index (χ1) is 9.08. The van der Waals surface area contributed by atoms with Crippen molar-refractivity contribution in [3.05, 3.63) is 58.3 Å². The van der Waals surface area contributed by atoms with Crippen LogP contribution < -0.4 is 11.1 Å². The van der Waals surface area contributed by atoms with Gasteiger partial charge in [0, 0.05) is 10.7 Å². The van der Waals surface area contributed by atoms with Gasteiger partial charge in [0.25, 0.3) is 5.91 Å². The lowest BCUT2D eigenvalue weighted by Crippen LogP contribution is -2.37. The van der Waals surface area contributed by atoms with Gasteiger partial charge in [0.1, 0.15) is 11.7 Å². The van der Waals surface area contributed by atoms with Crippen LogP contribution >= 0.6 is 15.9 Å². The normalized spacial score (nSPS) is 11.8. The van der Waals surface area contributed by atoms with Crippen LogP contribution in [-0.4, -0.2) is 16.8 Å². The SMILES string of the molecule is NC(=O)C(NC(=O)c1ccc[nH]1)c1cccc(Br)c1. The fourth-order valence-electron chi connectivity index (χ4n) is 1.69. The number of hydrogen-bond donors (Lipinski definition) is 3. The smallest absolute Gasteiger partial charge is 0.268 e. The van der Waals surface area contributed by atoms with E-state index in [0.29, 0.717) is 11.3 Å². The molecule has 5 nitrogen and oxygen atoms in total. The molecule has 1 aromatic heterocycles. The summed E-state index contributed by atoms with van der Waals surface area (Å²) in [6, 6.07) is 9.53. The second-order valence-electron chi connectivity index (χ2n) is 3.95. The summed E-state index contributed by atoms with van der Waals surface area (Å²) < 4.78 is 0.811. The topological polar surface area (TPSA) is 88.0 Å². The predicted molar refractivity (Wildman–Crippen MR) is 74.3 cm³/mol. The van der Waals surface area contributed by atoms with Gasteiger partial charge < -0.3 is 16.0 Å². The summed E-state index contributed by atoms with van der Waals surface area (Å²) in [5.74, 6) is -0.994. The number of aromatic nitrogens is 1. The van der Waals surface area contributed by atoms with Crippen molar-refractivity contribution in [3.63, 3.8) is 0 Å². The number of carbonyl (C=O) groups excluding carboxylic acids is 2. The van der Waals surface area contributed by atoms with Gasteiger partial charge in [0.05, 0.1) is 0 Å². The number of hydrogen-bond acceptors (Lipinski definition) is 2. The summed E-state index contributed by atoms with van der Waals surface area (Å²) in [6.07, 6.45) is 1.63. The predicted octanol–water partition coefficient (Wildman–Crippen LogP) is 1.73. The van der Waals surface area contributed by atoms with E-state index in [9.17, 15) is 9.59 Å². The molecular formula is C13H12BrN3O2. The van der Waals surface area contributed by atoms with Crippen LogP contribution in [0.5, 0.6) is 0 Å². The Labute approximate surface area is 118 Å². The Morgan fingerprint density at radius 2 is 2.05 bits per heavy atom. The van der Waals surface area contributed by atoms with Crippen molar-refractivity contribution < 1.29 is 9.59 Å². The van der Waals surface area contributed by atoms with Gasteiger partial charge in [-0.1, -0.05) is 28.1 Å². The number of aromatic amines is 1. The van der Waals surface area contributed by atoms with Gasteiger partial charge in [-0.2, -0.15) is 0 Å². The zero-order valence-corrected chi connectivity index (χ0v) is 11.5. The molecule has 0 fully saturated rings. The molecule has 0 radical (unpaired) electrons. The maximum absolute atomic E-state index is 11.9. The molecule has 1 aromatic carbocycles. The molecule has 4 N–H and O–H groups in total. The summed E-state index contributed by atoms with van der Waals surface area (Å²) >= 11 is 3.31. The van der Waals surface area contributed by atoms with E-state index < -0.39 is 11.9 Å². The Kier molecular flexibility index (Phi) is 4.01. The third-order valence-corrected chi connectivity index (χ3v) is 3.08. The molecule has 2 rings (SSSR count). The molecule has 1 atom stereocenters. The van der Waals surface area contributed by atoms with Gasteiger partial charge in [-0.25, -0.2) is 0 Å². The van der Waals surface area contributed by atoms with E-state index in [1.54, 1.807) is 36.5 Å². The summed E-state index contributed by atoms with van der Waals surface area (Å²) in [5.41, 5.74) is 6.34. The van der Waals surface area contributed by atoms with E-state index in [2.05, 4.69) is 26.2 Å². The van der Waals surface area contributed by atoms with Crippen molar-refractivity contribution in [2.45, 2.75) is 6.04 Å². The van der Waals surface area contributed by atoms with Crippen molar-refractivity contribution >= 4 is 27.7 Å². The van der Waals surface area contributed by atoms with Crippen molar-refractivity contribution in [3.8, 4) is 0 Å². The summed E-state index contributed by atoms with van der Waals surface area (Å²) in [4.78, 5) is 26.2. The number of nitrogens with one attached hydrogen (secondary N) is 2. The van der Waals surface area contributed by atoms with E-state index in [4.69, 9.17) is 5.73 Å². The molecule has 1 unspecified atom stereocenters. The molecule has 6 heteroatoms. The fourth-order valence-corrected chi connectivity index (χ4v) is 2.10. The Morgan fingerprint density at radius 1 is 1.26 bits per heavy atom. The van der Waals surface area contributed by atoms with Gasteiger partial charge in [-0.15, -0.1) is 0 Å². The molecule has 0 spiro atoms. The van der Waals surface area contributed by atoms with Crippen LogP contribution in [0.3, 0.4) is 0 Å². The van der Waals surface area contributed by atoms with Crippen molar-refractivity contribution in [2.24, 2.45) is 5.73 Å². The van der Waals surface area contributed by atoms with Crippen LogP contribution in [0.1, 0.15) is 22.1 Å². The number of benzene rings is 1. The van der Waals surface area contributed by atoms with Gasteiger partial charge in [-0.05, 0) is 29.8 Å². The van der Waals surface area contributed by atoms with Crippen LogP contribution in [0.15, 0.2) is 47.1 Å². The first-order valence-corrected chi connectivity index (χ1v) is 6.36. The molecule has 0 aliphatic heterocycles. The molecule has 0 aliphatic rings. The number of primary amides is 1. The molecule has 0 aliphatic carbocycles. The molecule has 98 valence electrons. The zero-order chi connectivity index (χ0) is 13.8. The Balaban J connectivity index is 2.22. The Bertz CT molecular complexity index is 596. The zero-order valence-electron chi connectivity index (χ0n) is 9.89. The number of rotatable bonds is 4. The third-order valence-electron chi connectivity index (χ3n) is 2.58. The highest BCUT2D eigenvalue weighted by atomic mass is 79.9. The molecular weight excluding hydrogens is 310 g/mol. The molecule has 0 saturated carbocycles. The lowest BCUT2D eigenvalue weighted by molar-refractivity contribution is -0.120. The average molecular weight is 322 g/mol. The highest BCUT2D eigenvalue weighted by Crippen LogP contribution is 2.18. The number of H-pyrrole nitrogens is 1. The van der Waals surface area contributed by atoms with E-state index in [1.807, 2.05) is 6.07 Å². The van der Waals surface area contributed by atoms with E-state index >= 15 is 0 Å². The monoisotopic (exact) mass is 321 g/mol. The minimum atomic E-state index is -0.867. The number of halogens is 1. The summed E-state index contributed by atoms with van der Waals surface area (Å²) in [5, 5.41) is 2.60. The highest BCUT2D eigenvalue weighted by molar-refractivity contribution is 9.10. The van der Waals surface area contributed by atoms with Crippen LogP contribution in [0, 0.1) is 0 Å². The van der Waals surface area contributed by atoms with Gasteiger partial charge in [0.15, 0.2) is 0 Å². The van der Waals surface area contributed by atoms with Crippen LogP contribution in [0.25, 0.3) is 0 Å². The first-order valence-electron chi connectivity index (χ1n) is 5.57. The van der Waals surface area contributed by atoms with Crippen molar-refractivity contribution in [2.75, 3.05) is 0 Å². The van der Waals surface area contributed by atoms with Gasteiger partial charge in [0.2, 0.25) is 5.91 Å². The molecule has 2 aromatic rings. The first kappa shape index (κ1) is 13.4. The second kappa shape index (κ2) is 5.71. The molecule has 0 saturated heterocycles. The second-order valence-corrected chi connectivity index (χ2v) is 4.86. The van der Waals surface area contributed by atoms with E-state index in [1.165, 1.54) is 0 Å². The van der Waals surface area contributed by atoms with Gasteiger partial charge >= 0.3 is 0 Å². The summed E-state index contributed by atoms with van der Waals surface area (Å²) in [6.45, 7) is 0. The number of amides is 2. The molecule has 1 heterocycles.